The molecule has 0 unspecified atom stereocenters. The number of alkyl carbamates (subject to hydrolysis) is 1. The third-order valence-corrected chi connectivity index (χ3v) is 7.10. The summed E-state index contributed by atoms with van der Waals surface area (Å²) in [5, 5.41) is 5.37. The van der Waals surface area contributed by atoms with Crippen LogP contribution in [0.25, 0.3) is 0 Å². The zero-order chi connectivity index (χ0) is 32.3. The molecule has 0 heterocycles. The molecule has 9 nitrogen and oxygen atoms in total. The van der Waals surface area contributed by atoms with Gasteiger partial charge in [-0.25, -0.2) is 9.59 Å². The minimum Gasteiger partial charge on any atom is -0.460 e. The van der Waals surface area contributed by atoms with E-state index in [0.717, 1.165) is 24.0 Å². The van der Waals surface area contributed by atoms with Crippen molar-refractivity contribution in [2.75, 3.05) is 0 Å². The lowest BCUT2D eigenvalue weighted by Gasteiger charge is -2.27. The van der Waals surface area contributed by atoms with Crippen molar-refractivity contribution < 1.29 is 33.4 Å². The molecule has 0 aromatic heterocycles. The first kappa shape index (κ1) is 34.6. The standard InChI is InChI=1S/C35H48N2O7/c1-34(2,3)43-30(38)20-19-28(37-33(41)42-23-24-13-8-7-9-14-24)31(39)36-29(32(40)44-35(4,5)6)22-25-15-12-18-27(21-25)26-16-10-11-17-26/h7-9,12-15,18,21,26,28-29H,10-11,16-17,19-20,22-23H2,1-6H3,(H,36,39)(H,37,41)/t28-,29-/m0/s1. The monoisotopic (exact) mass is 608 g/mol. The van der Waals surface area contributed by atoms with E-state index in [4.69, 9.17) is 14.2 Å². The maximum Gasteiger partial charge on any atom is 0.408 e. The summed E-state index contributed by atoms with van der Waals surface area (Å²) in [6.45, 7) is 10.5. The van der Waals surface area contributed by atoms with Crippen LogP contribution in [0.2, 0.25) is 0 Å². The molecule has 1 saturated carbocycles. The minimum atomic E-state index is -1.17. The number of esters is 2. The van der Waals surface area contributed by atoms with E-state index in [2.05, 4.69) is 22.8 Å². The van der Waals surface area contributed by atoms with E-state index < -0.39 is 47.2 Å². The van der Waals surface area contributed by atoms with Crippen LogP contribution in [0.4, 0.5) is 4.79 Å². The van der Waals surface area contributed by atoms with Crippen molar-refractivity contribution >= 4 is 23.9 Å². The van der Waals surface area contributed by atoms with Gasteiger partial charge in [0.2, 0.25) is 5.91 Å². The van der Waals surface area contributed by atoms with Gasteiger partial charge in [-0.05, 0) is 83.4 Å². The molecule has 3 rings (SSSR count). The Morgan fingerprint density at radius 1 is 0.795 bits per heavy atom. The largest absolute Gasteiger partial charge is 0.460 e. The van der Waals surface area contributed by atoms with Crippen molar-refractivity contribution in [2.45, 2.75) is 122 Å². The van der Waals surface area contributed by atoms with E-state index in [1.807, 2.05) is 42.5 Å². The molecule has 240 valence electrons. The van der Waals surface area contributed by atoms with Crippen LogP contribution >= 0.6 is 0 Å². The Kier molecular flexibility index (Phi) is 12.4. The molecular weight excluding hydrogens is 560 g/mol. The molecule has 0 saturated heterocycles. The maximum atomic E-state index is 13.7. The average Bonchev–Trinajstić information content (AvgIpc) is 3.48. The molecule has 0 radical (unpaired) electrons. The summed E-state index contributed by atoms with van der Waals surface area (Å²) in [7, 11) is 0. The Hall–Kier alpha value is -3.88. The molecule has 0 aliphatic heterocycles. The summed E-state index contributed by atoms with van der Waals surface area (Å²) in [5.41, 5.74) is 1.42. The molecule has 44 heavy (non-hydrogen) atoms. The lowest BCUT2D eigenvalue weighted by molar-refractivity contribution is -0.159. The summed E-state index contributed by atoms with van der Waals surface area (Å²) in [6.07, 6.45) is 3.89. The second-order valence-corrected chi connectivity index (χ2v) is 13.4. The van der Waals surface area contributed by atoms with Gasteiger partial charge in [0.15, 0.2) is 0 Å². The zero-order valence-corrected chi connectivity index (χ0v) is 26.9. The molecule has 0 spiro atoms. The van der Waals surface area contributed by atoms with E-state index in [0.29, 0.717) is 5.92 Å². The van der Waals surface area contributed by atoms with Gasteiger partial charge in [-0.2, -0.15) is 0 Å². The molecule has 1 aliphatic rings. The fourth-order valence-corrected chi connectivity index (χ4v) is 5.14. The van der Waals surface area contributed by atoms with Gasteiger partial charge in [0, 0.05) is 12.8 Å². The summed E-state index contributed by atoms with van der Waals surface area (Å²) < 4.78 is 16.4. The predicted octanol–water partition coefficient (Wildman–Crippen LogP) is 6.13. The minimum absolute atomic E-state index is 0.00491. The van der Waals surface area contributed by atoms with Gasteiger partial charge in [0.25, 0.3) is 0 Å². The van der Waals surface area contributed by atoms with E-state index in [1.54, 1.807) is 41.5 Å². The molecule has 1 aliphatic carbocycles. The van der Waals surface area contributed by atoms with Gasteiger partial charge >= 0.3 is 18.0 Å². The Morgan fingerprint density at radius 3 is 2.07 bits per heavy atom. The fraction of sp³-hybridized carbons (Fsp3) is 0.543. The summed E-state index contributed by atoms with van der Waals surface area (Å²) in [4.78, 5) is 52.2. The number of benzene rings is 2. The van der Waals surface area contributed by atoms with Gasteiger partial charge in [0.1, 0.15) is 29.9 Å². The van der Waals surface area contributed by atoms with Crippen LogP contribution in [0.15, 0.2) is 54.6 Å². The number of amides is 2. The van der Waals surface area contributed by atoms with E-state index in [1.165, 1.54) is 18.4 Å². The van der Waals surface area contributed by atoms with Crippen LogP contribution in [0.5, 0.6) is 0 Å². The quantitative estimate of drug-likeness (QED) is 0.220. The van der Waals surface area contributed by atoms with Crippen molar-refractivity contribution in [3.63, 3.8) is 0 Å². The second-order valence-electron chi connectivity index (χ2n) is 13.4. The second kappa shape index (κ2) is 15.7. The first-order valence-corrected chi connectivity index (χ1v) is 15.5. The first-order chi connectivity index (χ1) is 20.7. The summed E-state index contributed by atoms with van der Waals surface area (Å²) >= 11 is 0. The number of carbonyl (C=O) groups is 4. The molecule has 2 atom stereocenters. The normalized spacial score (nSPS) is 15.1. The van der Waals surface area contributed by atoms with Crippen molar-refractivity contribution in [1.82, 2.24) is 10.6 Å². The molecule has 9 heteroatoms. The van der Waals surface area contributed by atoms with Crippen molar-refractivity contribution in [2.24, 2.45) is 0 Å². The van der Waals surface area contributed by atoms with Gasteiger partial charge in [-0.15, -0.1) is 0 Å². The average molecular weight is 609 g/mol. The Bertz CT molecular complexity index is 1260. The van der Waals surface area contributed by atoms with Crippen LogP contribution in [-0.2, 0) is 41.6 Å². The van der Waals surface area contributed by atoms with Crippen LogP contribution in [0, 0.1) is 0 Å². The molecule has 2 amide bonds. The SMILES string of the molecule is CC(C)(C)OC(=O)CC[C@H](NC(=O)OCc1ccccc1)C(=O)N[C@@H](Cc1cccc(C2CCCC2)c1)C(=O)OC(C)(C)C. The summed E-state index contributed by atoms with van der Waals surface area (Å²) in [5.74, 6) is -1.24. The van der Waals surface area contributed by atoms with Crippen LogP contribution in [-0.4, -0.2) is 47.2 Å². The predicted molar refractivity (Wildman–Crippen MR) is 168 cm³/mol. The van der Waals surface area contributed by atoms with Crippen LogP contribution in [0.1, 0.15) is 103 Å². The Balaban J connectivity index is 1.77. The Labute approximate surface area is 261 Å². The summed E-state index contributed by atoms with van der Waals surface area (Å²) in [6, 6.07) is 15.1. The van der Waals surface area contributed by atoms with Crippen molar-refractivity contribution in [3.05, 3.63) is 71.3 Å². The molecule has 2 aromatic carbocycles. The number of hydrogen-bond acceptors (Lipinski definition) is 7. The number of rotatable bonds is 12. The molecule has 2 N–H and O–H groups in total. The molecule has 2 aromatic rings. The van der Waals surface area contributed by atoms with Crippen LogP contribution < -0.4 is 10.6 Å². The number of ether oxygens (including phenoxy) is 3. The maximum absolute atomic E-state index is 13.7. The van der Waals surface area contributed by atoms with Gasteiger partial charge in [-0.3, -0.25) is 9.59 Å². The number of hydrogen-bond donors (Lipinski definition) is 2. The number of carbonyl (C=O) groups excluding carboxylic acids is 4. The van der Waals surface area contributed by atoms with E-state index in [-0.39, 0.29) is 25.9 Å². The molecule has 1 fully saturated rings. The Morgan fingerprint density at radius 2 is 1.43 bits per heavy atom. The lowest BCUT2D eigenvalue weighted by Crippen LogP contribution is -2.53. The topological polar surface area (TPSA) is 120 Å². The lowest BCUT2D eigenvalue weighted by atomic mass is 9.94. The van der Waals surface area contributed by atoms with Crippen molar-refractivity contribution in [1.29, 1.82) is 0 Å². The van der Waals surface area contributed by atoms with E-state index >= 15 is 0 Å². The highest BCUT2D eigenvalue weighted by molar-refractivity contribution is 5.90. The highest BCUT2D eigenvalue weighted by atomic mass is 16.6. The molecular formula is C35H48N2O7. The number of nitrogens with one attached hydrogen (secondary N) is 2. The van der Waals surface area contributed by atoms with Crippen LogP contribution in [0.3, 0.4) is 0 Å². The highest BCUT2D eigenvalue weighted by Crippen LogP contribution is 2.34. The van der Waals surface area contributed by atoms with Gasteiger partial charge in [0.05, 0.1) is 0 Å². The highest BCUT2D eigenvalue weighted by Gasteiger charge is 2.31. The van der Waals surface area contributed by atoms with E-state index in [9.17, 15) is 19.2 Å². The first-order valence-electron chi connectivity index (χ1n) is 15.5. The van der Waals surface area contributed by atoms with Gasteiger partial charge in [-0.1, -0.05) is 67.4 Å². The smallest absolute Gasteiger partial charge is 0.408 e. The third-order valence-electron chi connectivity index (χ3n) is 7.10. The molecule has 0 bridgehead atoms. The van der Waals surface area contributed by atoms with Crippen molar-refractivity contribution in [3.8, 4) is 0 Å². The third kappa shape index (κ3) is 12.4. The zero-order valence-electron chi connectivity index (χ0n) is 26.9. The fourth-order valence-electron chi connectivity index (χ4n) is 5.14. The van der Waals surface area contributed by atoms with Gasteiger partial charge < -0.3 is 24.8 Å².